The van der Waals surface area contributed by atoms with Gasteiger partial charge in [-0.15, -0.1) is 0 Å². The van der Waals surface area contributed by atoms with Gasteiger partial charge >= 0.3 is 0 Å². The molecule has 0 aliphatic carbocycles. The molecule has 2 rings (SSSR count). The highest BCUT2D eigenvalue weighted by Crippen LogP contribution is 2.20. The topological polar surface area (TPSA) is 42.7 Å². The highest BCUT2D eigenvalue weighted by molar-refractivity contribution is 5.25. The van der Waals surface area contributed by atoms with E-state index in [9.17, 15) is 0 Å². The molecule has 0 aromatic carbocycles. The Hall–Kier alpha value is -1.68. The first-order valence-electron chi connectivity index (χ1n) is 6.68. The van der Waals surface area contributed by atoms with Crippen LogP contribution in [-0.2, 0) is 13.5 Å². The standard InChI is InChI=1S/C15H22N4/c1-11-7-12(2)15(17-8-11)14(16-3)6-5-13-9-18-19(4)10-13/h7-10,14,16H,5-6H2,1-4H3. The predicted octanol–water partition coefficient (Wildman–Crippen LogP) is 2.33. The lowest BCUT2D eigenvalue weighted by Gasteiger charge is -2.17. The van der Waals surface area contributed by atoms with E-state index in [0.717, 1.165) is 18.5 Å². The molecule has 4 nitrogen and oxygen atoms in total. The lowest BCUT2D eigenvalue weighted by atomic mass is 10.0. The molecule has 0 aliphatic heterocycles. The zero-order chi connectivity index (χ0) is 13.8. The lowest BCUT2D eigenvalue weighted by Crippen LogP contribution is -2.19. The maximum Gasteiger partial charge on any atom is 0.0602 e. The fraction of sp³-hybridized carbons (Fsp3) is 0.467. The highest BCUT2D eigenvalue weighted by atomic mass is 15.2. The van der Waals surface area contributed by atoms with Crippen molar-refractivity contribution in [2.75, 3.05) is 7.05 Å². The molecule has 0 fully saturated rings. The van der Waals surface area contributed by atoms with Crippen molar-refractivity contribution in [1.82, 2.24) is 20.1 Å². The summed E-state index contributed by atoms with van der Waals surface area (Å²) in [7, 11) is 3.94. The second-order valence-electron chi connectivity index (χ2n) is 5.12. The Balaban J connectivity index is 2.07. The molecule has 2 aromatic rings. The van der Waals surface area contributed by atoms with Crippen LogP contribution in [0.5, 0.6) is 0 Å². The predicted molar refractivity (Wildman–Crippen MR) is 77.0 cm³/mol. The van der Waals surface area contributed by atoms with Crippen LogP contribution < -0.4 is 5.32 Å². The number of aryl methyl sites for hydroxylation is 4. The molecule has 4 heteroatoms. The highest BCUT2D eigenvalue weighted by Gasteiger charge is 2.13. The third-order valence-electron chi connectivity index (χ3n) is 3.41. The number of hydrogen-bond donors (Lipinski definition) is 1. The lowest BCUT2D eigenvalue weighted by molar-refractivity contribution is 0.532. The van der Waals surface area contributed by atoms with Gasteiger partial charge in [-0.1, -0.05) is 6.07 Å². The smallest absolute Gasteiger partial charge is 0.0602 e. The van der Waals surface area contributed by atoms with Crippen LogP contribution in [0.25, 0.3) is 0 Å². The molecule has 0 radical (unpaired) electrons. The number of nitrogens with zero attached hydrogens (tertiary/aromatic N) is 3. The molecule has 2 aromatic heterocycles. The van der Waals surface area contributed by atoms with E-state index in [0.29, 0.717) is 6.04 Å². The maximum absolute atomic E-state index is 4.58. The van der Waals surface area contributed by atoms with Crippen molar-refractivity contribution in [2.45, 2.75) is 32.7 Å². The molecule has 1 N–H and O–H groups in total. The Kier molecular flexibility index (Phi) is 4.32. The second kappa shape index (κ2) is 5.97. The number of aromatic nitrogens is 3. The van der Waals surface area contributed by atoms with Gasteiger partial charge in [-0.25, -0.2) is 0 Å². The number of rotatable bonds is 5. The summed E-state index contributed by atoms with van der Waals surface area (Å²) in [5.41, 5.74) is 4.89. The first kappa shape index (κ1) is 13.7. The Labute approximate surface area is 114 Å². The van der Waals surface area contributed by atoms with E-state index in [1.165, 1.54) is 16.7 Å². The third-order valence-corrected chi connectivity index (χ3v) is 3.41. The summed E-state index contributed by atoms with van der Waals surface area (Å²) in [6.45, 7) is 4.21. The minimum absolute atomic E-state index is 0.292. The molecule has 19 heavy (non-hydrogen) atoms. The summed E-state index contributed by atoms with van der Waals surface area (Å²) in [4.78, 5) is 4.58. The Morgan fingerprint density at radius 2 is 2.11 bits per heavy atom. The van der Waals surface area contributed by atoms with E-state index >= 15 is 0 Å². The summed E-state index contributed by atoms with van der Waals surface area (Å²) in [6.07, 6.45) is 7.98. The van der Waals surface area contributed by atoms with Gasteiger partial charge < -0.3 is 5.32 Å². The molecule has 0 spiro atoms. The van der Waals surface area contributed by atoms with E-state index in [1.807, 2.05) is 31.2 Å². The van der Waals surface area contributed by atoms with Crippen LogP contribution in [-0.4, -0.2) is 21.8 Å². The van der Waals surface area contributed by atoms with Crippen molar-refractivity contribution in [3.63, 3.8) is 0 Å². The molecule has 0 aliphatic rings. The van der Waals surface area contributed by atoms with Gasteiger partial charge in [0.25, 0.3) is 0 Å². The molecule has 0 bridgehead atoms. The fourth-order valence-corrected chi connectivity index (χ4v) is 2.42. The molecule has 0 saturated heterocycles. The molecule has 2 heterocycles. The largest absolute Gasteiger partial charge is 0.312 e. The number of hydrogen-bond acceptors (Lipinski definition) is 3. The maximum atomic E-state index is 4.58. The van der Waals surface area contributed by atoms with Gasteiger partial charge in [0, 0.05) is 25.5 Å². The zero-order valence-electron chi connectivity index (χ0n) is 12.1. The van der Waals surface area contributed by atoms with Gasteiger partial charge in [0.15, 0.2) is 0 Å². The van der Waals surface area contributed by atoms with E-state index in [2.05, 4.69) is 41.5 Å². The molecular formula is C15H22N4. The van der Waals surface area contributed by atoms with Gasteiger partial charge in [0.05, 0.1) is 11.9 Å². The van der Waals surface area contributed by atoms with Gasteiger partial charge in [0.2, 0.25) is 0 Å². The minimum atomic E-state index is 0.292. The molecule has 0 amide bonds. The third kappa shape index (κ3) is 3.41. The molecule has 1 atom stereocenters. The van der Waals surface area contributed by atoms with Crippen LogP contribution in [0.15, 0.2) is 24.7 Å². The van der Waals surface area contributed by atoms with E-state index in [-0.39, 0.29) is 0 Å². The Morgan fingerprint density at radius 1 is 1.32 bits per heavy atom. The van der Waals surface area contributed by atoms with Crippen LogP contribution >= 0.6 is 0 Å². The van der Waals surface area contributed by atoms with Gasteiger partial charge in [-0.05, 0) is 50.4 Å². The van der Waals surface area contributed by atoms with Gasteiger partial charge in [-0.3, -0.25) is 9.67 Å². The second-order valence-corrected chi connectivity index (χ2v) is 5.12. The molecular weight excluding hydrogens is 236 g/mol. The van der Waals surface area contributed by atoms with Crippen molar-refractivity contribution >= 4 is 0 Å². The van der Waals surface area contributed by atoms with Crippen LogP contribution in [0.4, 0.5) is 0 Å². The van der Waals surface area contributed by atoms with E-state index in [4.69, 9.17) is 0 Å². The van der Waals surface area contributed by atoms with Crippen LogP contribution in [0.3, 0.4) is 0 Å². The van der Waals surface area contributed by atoms with Crippen molar-refractivity contribution in [3.8, 4) is 0 Å². The normalized spacial score (nSPS) is 12.6. The van der Waals surface area contributed by atoms with E-state index < -0.39 is 0 Å². The van der Waals surface area contributed by atoms with E-state index in [1.54, 1.807) is 0 Å². The van der Waals surface area contributed by atoms with Gasteiger partial charge in [0.1, 0.15) is 0 Å². The zero-order valence-corrected chi connectivity index (χ0v) is 12.1. The Bertz CT molecular complexity index is 545. The van der Waals surface area contributed by atoms with Crippen molar-refractivity contribution in [1.29, 1.82) is 0 Å². The van der Waals surface area contributed by atoms with Crippen LogP contribution in [0.2, 0.25) is 0 Å². The fourth-order valence-electron chi connectivity index (χ4n) is 2.42. The number of pyridine rings is 1. The summed E-state index contributed by atoms with van der Waals surface area (Å²) in [5, 5.41) is 7.57. The quantitative estimate of drug-likeness (QED) is 0.895. The van der Waals surface area contributed by atoms with Gasteiger partial charge in [-0.2, -0.15) is 5.10 Å². The summed E-state index contributed by atoms with van der Waals surface area (Å²) in [5.74, 6) is 0. The Morgan fingerprint density at radius 3 is 2.68 bits per heavy atom. The minimum Gasteiger partial charge on any atom is -0.312 e. The first-order chi connectivity index (χ1) is 9.10. The van der Waals surface area contributed by atoms with Crippen LogP contribution in [0, 0.1) is 13.8 Å². The first-order valence-corrected chi connectivity index (χ1v) is 6.68. The average Bonchev–Trinajstić information content (AvgIpc) is 2.78. The SMILES string of the molecule is CNC(CCc1cnn(C)c1)c1ncc(C)cc1C. The summed E-state index contributed by atoms with van der Waals surface area (Å²) >= 11 is 0. The summed E-state index contributed by atoms with van der Waals surface area (Å²) < 4.78 is 1.85. The van der Waals surface area contributed by atoms with Crippen molar-refractivity contribution < 1.29 is 0 Å². The average molecular weight is 258 g/mol. The summed E-state index contributed by atoms with van der Waals surface area (Å²) in [6, 6.07) is 2.48. The molecule has 102 valence electrons. The van der Waals surface area contributed by atoms with Crippen molar-refractivity contribution in [3.05, 3.63) is 47.0 Å². The van der Waals surface area contributed by atoms with Crippen molar-refractivity contribution in [2.24, 2.45) is 7.05 Å². The molecule has 1 unspecified atom stereocenters. The molecule has 0 saturated carbocycles. The monoisotopic (exact) mass is 258 g/mol. The van der Waals surface area contributed by atoms with Crippen LogP contribution in [0.1, 0.15) is 34.8 Å². The number of nitrogens with one attached hydrogen (secondary N) is 1.